The molecule has 3 heteroatoms. The van der Waals surface area contributed by atoms with Crippen molar-refractivity contribution in [3.8, 4) is 0 Å². The zero-order valence-electron chi connectivity index (χ0n) is 5.93. The molecule has 0 aromatic rings. The van der Waals surface area contributed by atoms with Crippen LogP contribution < -0.4 is 5.73 Å². The van der Waals surface area contributed by atoms with Gasteiger partial charge in [0.2, 0.25) is 0 Å². The van der Waals surface area contributed by atoms with Gasteiger partial charge in [-0.15, -0.1) is 0 Å². The van der Waals surface area contributed by atoms with Gasteiger partial charge >= 0.3 is 0 Å². The SMILES string of the molecule is CN1CCC[C@H]1CN.S. The summed E-state index contributed by atoms with van der Waals surface area (Å²) < 4.78 is 0. The average Bonchev–Trinajstić information content (AvgIpc) is 2.14. The molecule has 2 nitrogen and oxygen atoms in total. The highest BCUT2D eigenvalue weighted by atomic mass is 32.1. The summed E-state index contributed by atoms with van der Waals surface area (Å²) in [6, 6.07) is 0.676. The molecular formula is C6H16N2S. The third-order valence-electron chi connectivity index (χ3n) is 1.94. The number of hydrogen-bond donors (Lipinski definition) is 1. The minimum atomic E-state index is 0. The lowest BCUT2D eigenvalue weighted by molar-refractivity contribution is 0.317. The predicted molar refractivity (Wildman–Crippen MR) is 45.1 cm³/mol. The van der Waals surface area contributed by atoms with Gasteiger partial charge < -0.3 is 10.6 Å². The number of nitrogens with two attached hydrogens (primary N) is 1. The van der Waals surface area contributed by atoms with Crippen molar-refractivity contribution < 1.29 is 0 Å². The maximum absolute atomic E-state index is 5.48. The largest absolute Gasteiger partial charge is 0.329 e. The van der Waals surface area contributed by atoms with E-state index in [-0.39, 0.29) is 13.5 Å². The van der Waals surface area contributed by atoms with Gasteiger partial charge in [0.05, 0.1) is 0 Å². The van der Waals surface area contributed by atoms with Crippen molar-refractivity contribution in [1.29, 1.82) is 0 Å². The summed E-state index contributed by atoms with van der Waals surface area (Å²) in [4.78, 5) is 2.33. The molecule has 9 heavy (non-hydrogen) atoms. The van der Waals surface area contributed by atoms with Crippen LogP contribution in [0.2, 0.25) is 0 Å². The summed E-state index contributed by atoms with van der Waals surface area (Å²) in [7, 11) is 2.14. The Morgan fingerprint density at radius 2 is 2.33 bits per heavy atom. The standard InChI is InChI=1S/C6H14N2.H2S/c1-8-4-2-3-6(8)5-7;/h6H,2-5,7H2,1H3;1H2/t6-;/m0./s1. The number of nitrogens with zero attached hydrogens (tertiary/aromatic N) is 1. The normalized spacial score (nSPS) is 28.0. The molecule has 0 bridgehead atoms. The quantitative estimate of drug-likeness (QED) is 0.573. The van der Waals surface area contributed by atoms with E-state index in [1.165, 1.54) is 19.4 Å². The van der Waals surface area contributed by atoms with E-state index in [0.29, 0.717) is 6.04 Å². The monoisotopic (exact) mass is 148 g/mol. The molecule has 1 rings (SSSR count). The molecule has 0 spiro atoms. The summed E-state index contributed by atoms with van der Waals surface area (Å²) >= 11 is 0. The van der Waals surface area contributed by atoms with Gasteiger partial charge in [-0.25, -0.2) is 0 Å². The van der Waals surface area contributed by atoms with Gasteiger partial charge in [0, 0.05) is 12.6 Å². The molecule has 0 aromatic heterocycles. The zero-order valence-corrected chi connectivity index (χ0v) is 6.93. The van der Waals surface area contributed by atoms with Crippen LogP contribution in [-0.2, 0) is 0 Å². The molecule has 0 saturated carbocycles. The van der Waals surface area contributed by atoms with Crippen molar-refractivity contribution in [3.63, 3.8) is 0 Å². The van der Waals surface area contributed by atoms with E-state index in [2.05, 4.69) is 11.9 Å². The van der Waals surface area contributed by atoms with Crippen molar-refractivity contribution in [1.82, 2.24) is 4.90 Å². The predicted octanol–water partition coefficient (Wildman–Crippen LogP) is 0.152. The second kappa shape index (κ2) is 4.14. The maximum Gasteiger partial charge on any atom is 0.0215 e. The highest BCUT2D eigenvalue weighted by molar-refractivity contribution is 7.59. The van der Waals surface area contributed by atoms with Gasteiger partial charge in [0.1, 0.15) is 0 Å². The van der Waals surface area contributed by atoms with E-state index in [1.807, 2.05) is 0 Å². The smallest absolute Gasteiger partial charge is 0.0215 e. The van der Waals surface area contributed by atoms with Crippen LogP contribution in [-0.4, -0.2) is 31.1 Å². The van der Waals surface area contributed by atoms with Crippen LogP contribution in [0.15, 0.2) is 0 Å². The number of rotatable bonds is 1. The van der Waals surface area contributed by atoms with E-state index in [1.54, 1.807) is 0 Å². The summed E-state index contributed by atoms with van der Waals surface area (Å²) in [5, 5.41) is 0. The molecule has 1 fully saturated rings. The second-order valence-electron chi connectivity index (χ2n) is 2.51. The van der Waals surface area contributed by atoms with E-state index in [0.717, 1.165) is 6.54 Å². The van der Waals surface area contributed by atoms with Gasteiger partial charge in [-0.2, -0.15) is 13.5 Å². The average molecular weight is 148 g/mol. The van der Waals surface area contributed by atoms with E-state index < -0.39 is 0 Å². The molecular weight excluding hydrogens is 132 g/mol. The Labute approximate surface area is 63.9 Å². The number of likely N-dealkylation sites (N-methyl/N-ethyl adjacent to an activating group) is 1. The Bertz CT molecular complexity index is 77.5. The highest BCUT2D eigenvalue weighted by Gasteiger charge is 2.17. The van der Waals surface area contributed by atoms with Crippen LogP contribution in [0.3, 0.4) is 0 Å². The Morgan fingerprint density at radius 1 is 1.67 bits per heavy atom. The molecule has 0 amide bonds. The minimum Gasteiger partial charge on any atom is -0.329 e. The lowest BCUT2D eigenvalue weighted by atomic mass is 10.2. The summed E-state index contributed by atoms with van der Waals surface area (Å²) in [6.45, 7) is 2.07. The van der Waals surface area contributed by atoms with Gasteiger partial charge in [0.25, 0.3) is 0 Å². The highest BCUT2D eigenvalue weighted by Crippen LogP contribution is 2.12. The molecule has 1 aliphatic rings. The third-order valence-corrected chi connectivity index (χ3v) is 1.94. The Hall–Kier alpha value is 0.270. The molecule has 0 aliphatic carbocycles. The van der Waals surface area contributed by atoms with Crippen LogP contribution in [0.1, 0.15) is 12.8 Å². The summed E-state index contributed by atoms with van der Waals surface area (Å²) in [5.41, 5.74) is 5.48. The second-order valence-corrected chi connectivity index (χ2v) is 2.51. The fraction of sp³-hybridized carbons (Fsp3) is 1.00. The van der Waals surface area contributed by atoms with Gasteiger partial charge in [-0.05, 0) is 26.4 Å². The lowest BCUT2D eigenvalue weighted by Crippen LogP contribution is -2.31. The van der Waals surface area contributed by atoms with Crippen LogP contribution in [0, 0.1) is 0 Å². The zero-order chi connectivity index (χ0) is 5.98. The first-order valence-electron chi connectivity index (χ1n) is 3.25. The Balaban J connectivity index is 0.000000640. The fourth-order valence-electron chi connectivity index (χ4n) is 1.28. The van der Waals surface area contributed by atoms with Crippen LogP contribution in [0.5, 0.6) is 0 Å². The first-order chi connectivity index (χ1) is 3.84. The molecule has 1 heterocycles. The van der Waals surface area contributed by atoms with Gasteiger partial charge in [-0.1, -0.05) is 0 Å². The Kier molecular flexibility index (Phi) is 4.27. The Morgan fingerprint density at radius 3 is 2.56 bits per heavy atom. The van der Waals surface area contributed by atoms with Crippen molar-refractivity contribution >= 4 is 13.5 Å². The molecule has 1 aliphatic heterocycles. The van der Waals surface area contributed by atoms with Gasteiger partial charge in [0.15, 0.2) is 0 Å². The van der Waals surface area contributed by atoms with Crippen molar-refractivity contribution in [2.45, 2.75) is 18.9 Å². The first-order valence-corrected chi connectivity index (χ1v) is 3.25. The lowest BCUT2D eigenvalue weighted by Gasteiger charge is -2.15. The maximum atomic E-state index is 5.48. The molecule has 0 unspecified atom stereocenters. The number of hydrogen-bond acceptors (Lipinski definition) is 2. The van der Waals surface area contributed by atoms with Crippen molar-refractivity contribution in [2.24, 2.45) is 5.73 Å². The molecule has 2 N–H and O–H groups in total. The summed E-state index contributed by atoms with van der Waals surface area (Å²) in [5.74, 6) is 0. The van der Waals surface area contributed by atoms with Crippen LogP contribution in [0.4, 0.5) is 0 Å². The van der Waals surface area contributed by atoms with E-state index in [4.69, 9.17) is 5.73 Å². The first kappa shape index (κ1) is 9.27. The van der Waals surface area contributed by atoms with E-state index >= 15 is 0 Å². The minimum absolute atomic E-state index is 0. The van der Waals surface area contributed by atoms with E-state index in [9.17, 15) is 0 Å². The topological polar surface area (TPSA) is 29.3 Å². The molecule has 1 saturated heterocycles. The van der Waals surface area contributed by atoms with Gasteiger partial charge in [-0.3, -0.25) is 0 Å². The number of likely N-dealkylation sites (tertiary alicyclic amines) is 1. The van der Waals surface area contributed by atoms with Crippen LogP contribution in [0.25, 0.3) is 0 Å². The molecule has 56 valence electrons. The molecule has 1 atom stereocenters. The molecule has 0 radical (unpaired) electrons. The van der Waals surface area contributed by atoms with Crippen molar-refractivity contribution in [2.75, 3.05) is 20.1 Å². The van der Waals surface area contributed by atoms with Crippen molar-refractivity contribution in [3.05, 3.63) is 0 Å². The molecule has 0 aromatic carbocycles. The van der Waals surface area contributed by atoms with Crippen LogP contribution >= 0.6 is 13.5 Å². The summed E-state index contributed by atoms with van der Waals surface area (Å²) in [6.07, 6.45) is 2.63. The fourth-order valence-corrected chi connectivity index (χ4v) is 1.28. The third kappa shape index (κ3) is 2.16.